The number of anilines is 1. The van der Waals surface area contributed by atoms with Crippen LogP contribution in [0.1, 0.15) is 50.4 Å². The van der Waals surface area contributed by atoms with E-state index in [0.29, 0.717) is 23.2 Å². The van der Waals surface area contributed by atoms with E-state index in [0.717, 1.165) is 19.4 Å². The number of nitrogens with one attached hydrogen (secondary N) is 2. The first kappa shape index (κ1) is 14.8. The minimum absolute atomic E-state index is 0.0136. The summed E-state index contributed by atoms with van der Waals surface area (Å²) in [5.41, 5.74) is 0.639. The van der Waals surface area contributed by atoms with Crippen LogP contribution in [0, 0.1) is 11.8 Å². The maximum absolute atomic E-state index is 12.4. The van der Waals surface area contributed by atoms with Gasteiger partial charge in [-0.1, -0.05) is 13.8 Å². The summed E-state index contributed by atoms with van der Waals surface area (Å²) in [5.74, 6) is 2.03. The Morgan fingerprint density at radius 3 is 2.65 bits per heavy atom. The molecule has 4 heteroatoms. The molecule has 0 saturated heterocycles. The lowest BCUT2D eigenvalue weighted by Crippen LogP contribution is -2.40. The van der Waals surface area contributed by atoms with Crippen LogP contribution in [-0.4, -0.2) is 23.5 Å². The predicted octanol–water partition coefficient (Wildman–Crippen LogP) is 3.07. The van der Waals surface area contributed by atoms with Crippen molar-refractivity contribution in [3.05, 3.63) is 23.9 Å². The topological polar surface area (TPSA) is 54.0 Å². The lowest BCUT2D eigenvalue weighted by atomic mass is 9.80. The van der Waals surface area contributed by atoms with Gasteiger partial charge in [-0.15, -0.1) is 0 Å². The number of carbonyl (C=O) groups excluding carboxylic acids is 1. The molecule has 1 amide bonds. The van der Waals surface area contributed by atoms with Crippen molar-refractivity contribution in [1.82, 2.24) is 10.3 Å². The molecule has 1 fully saturated rings. The average Bonchev–Trinajstić information content (AvgIpc) is 2.38. The molecule has 20 heavy (non-hydrogen) atoms. The van der Waals surface area contributed by atoms with Crippen LogP contribution in [0.2, 0.25) is 0 Å². The Kier molecular flexibility index (Phi) is 4.99. The van der Waals surface area contributed by atoms with Gasteiger partial charge < -0.3 is 10.6 Å². The van der Waals surface area contributed by atoms with Crippen LogP contribution >= 0.6 is 0 Å². The zero-order chi connectivity index (χ0) is 14.5. The zero-order valence-electron chi connectivity index (χ0n) is 12.6. The Balaban J connectivity index is 2.04. The van der Waals surface area contributed by atoms with Crippen LogP contribution in [0.15, 0.2) is 18.3 Å². The van der Waals surface area contributed by atoms with Gasteiger partial charge in [0.05, 0.1) is 5.56 Å². The molecular formula is C16H25N3O. The standard InChI is InChI=1S/C16H25N3O/c1-4-17-15-14(6-5-7-18-15)16(20)19-13-9-11(2)8-12(3)10-13/h5-7,11-13H,4,8-10H2,1-3H3,(H,17,18)(H,19,20). The molecular weight excluding hydrogens is 250 g/mol. The highest BCUT2D eigenvalue weighted by Gasteiger charge is 2.25. The van der Waals surface area contributed by atoms with E-state index in [1.807, 2.05) is 19.1 Å². The maximum atomic E-state index is 12.4. The highest BCUT2D eigenvalue weighted by molar-refractivity contribution is 5.98. The van der Waals surface area contributed by atoms with Crippen molar-refractivity contribution in [3.63, 3.8) is 0 Å². The van der Waals surface area contributed by atoms with Crippen molar-refractivity contribution in [3.8, 4) is 0 Å². The molecule has 110 valence electrons. The van der Waals surface area contributed by atoms with Crippen molar-refractivity contribution in [2.45, 2.75) is 46.1 Å². The summed E-state index contributed by atoms with van der Waals surface area (Å²) < 4.78 is 0. The van der Waals surface area contributed by atoms with E-state index in [4.69, 9.17) is 0 Å². The SMILES string of the molecule is CCNc1ncccc1C(=O)NC1CC(C)CC(C)C1. The number of hydrogen-bond donors (Lipinski definition) is 2. The lowest BCUT2D eigenvalue weighted by Gasteiger charge is -2.32. The molecule has 4 nitrogen and oxygen atoms in total. The molecule has 0 radical (unpaired) electrons. The highest BCUT2D eigenvalue weighted by Crippen LogP contribution is 2.28. The van der Waals surface area contributed by atoms with Gasteiger partial charge in [0.25, 0.3) is 5.91 Å². The Hall–Kier alpha value is -1.58. The molecule has 0 spiro atoms. The van der Waals surface area contributed by atoms with Crippen molar-refractivity contribution < 1.29 is 4.79 Å². The molecule has 0 bridgehead atoms. The van der Waals surface area contributed by atoms with Gasteiger partial charge in [-0.3, -0.25) is 4.79 Å². The number of aromatic nitrogens is 1. The first-order chi connectivity index (χ1) is 9.60. The molecule has 2 unspecified atom stereocenters. The molecule has 2 atom stereocenters. The Labute approximate surface area is 121 Å². The normalized spacial score (nSPS) is 26.1. The highest BCUT2D eigenvalue weighted by atomic mass is 16.1. The number of pyridine rings is 1. The van der Waals surface area contributed by atoms with E-state index in [1.54, 1.807) is 6.20 Å². The summed E-state index contributed by atoms with van der Waals surface area (Å²) in [6.07, 6.45) is 5.13. The summed E-state index contributed by atoms with van der Waals surface area (Å²) >= 11 is 0. The first-order valence-corrected chi connectivity index (χ1v) is 7.59. The van der Waals surface area contributed by atoms with Gasteiger partial charge in [-0.05, 0) is 50.2 Å². The summed E-state index contributed by atoms with van der Waals surface area (Å²) in [4.78, 5) is 16.7. The third-order valence-corrected chi connectivity index (χ3v) is 3.91. The third kappa shape index (κ3) is 3.71. The van der Waals surface area contributed by atoms with Crippen molar-refractivity contribution >= 4 is 11.7 Å². The van der Waals surface area contributed by atoms with Crippen LogP contribution in [0.3, 0.4) is 0 Å². The van der Waals surface area contributed by atoms with Crippen molar-refractivity contribution in [2.24, 2.45) is 11.8 Å². The molecule has 2 rings (SSSR count). The number of rotatable bonds is 4. The molecule has 1 aliphatic carbocycles. The molecule has 1 aliphatic rings. The molecule has 1 aromatic rings. The van der Waals surface area contributed by atoms with Gasteiger partial charge in [0.2, 0.25) is 0 Å². The van der Waals surface area contributed by atoms with Crippen LogP contribution < -0.4 is 10.6 Å². The Bertz CT molecular complexity index is 451. The summed E-state index contributed by atoms with van der Waals surface area (Å²) in [5, 5.41) is 6.32. The maximum Gasteiger partial charge on any atom is 0.255 e. The zero-order valence-corrected chi connectivity index (χ0v) is 12.6. The quantitative estimate of drug-likeness (QED) is 0.888. The van der Waals surface area contributed by atoms with Crippen molar-refractivity contribution in [1.29, 1.82) is 0 Å². The second-order valence-electron chi connectivity index (χ2n) is 6.02. The van der Waals surface area contributed by atoms with E-state index in [9.17, 15) is 4.79 Å². The summed E-state index contributed by atoms with van der Waals surface area (Å²) in [6, 6.07) is 3.92. The van der Waals surface area contributed by atoms with E-state index in [2.05, 4.69) is 29.5 Å². The number of nitrogens with zero attached hydrogens (tertiary/aromatic N) is 1. The Morgan fingerprint density at radius 2 is 2.00 bits per heavy atom. The molecule has 2 N–H and O–H groups in total. The van der Waals surface area contributed by atoms with Crippen LogP contribution in [0.25, 0.3) is 0 Å². The van der Waals surface area contributed by atoms with Gasteiger partial charge >= 0.3 is 0 Å². The summed E-state index contributed by atoms with van der Waals surface area (Å²) in [7, 11) is 0. The van der Waals surface area contributed by atoms with Crippen LogP contribution in [0.5, 0.6) is 0 Å². The minimum atomic E-state index is -0.0136. The number of amides is 1. The molecule has 1 saturated carbocycles. The van der Waals surface area contributed by atoms with Gasteiger partial charge in [0.1, 0.15) is 5.82 Å². The second-order valence-corrected chi connectivity index (χ2v) is 6.02. The van der Waals surface area contributed by atoms with Crippen molar-refractivity contribution in [2.75, 3.05) is 11.9 Å². The van der Waals surface area contributed by atoms with E-state index >= 15 is 0 Å². The molecule has 0 aliphatic heterocycles. The number of carbonyl (C=O) groups is 1. The van der Waals surface area contributed by atoms with Gasteiger partial charge in [0.15, 0.2) is 0 Å². The fourth-order valence-corrected chi connectivity index (χ4v) is 3.22. The lowest BCUT2D eigenvalue weighted by molar-refractivity contribution is 0.0911. The first-order valence-electron chi connectivity index (χ1n) is 7.59. The average molecular weight is 275 g/mol. The van der Waals surface area contributed by atoms with E-state index in [1.165, 1.54) is 6.42 Å². The van der Waals surface area contributed by atoms with Crippen LogP contribution in [-0.2, 0) is 0 Å². The van der Waals surface area contributed by atoms with E-state index in [-0.39, 0.29) is 11.9 Å². The molecule has 1 heterocycles. The fourth-order valence-electron chi connectivity index (χ4n) is 3.22. The molecule has 1 aromatic heterocycles. The second kappa shape index (κ2) is 6.73. The monoisotopic (exact) mass is 275 g/mol. The fraction of sp³-hybridized carbons (Fsp3) is 0.625. The molecule has 0 aromatic carbocycles. The summed E-state index contributed by atoms with van der Waals surface area (Å²) in [6.45, 7) is 7.29. The third-order valence-electron chi connectivity index (χ3n) is 3.91. The predicted molar refractivity (Wildman–Crippen MR) is 81.8 cm³/mol. The van der Waals surface area contributed by atoms with E-state index < -0.39 is 0 Å². The van der Waals surface area contributed by atoms with Gasteiger partial charge in [0, 0.05) is 18.8 Å². The minimum Gasteiger partial charge on any atom is -0.370 e. The smallest absolute Gasteiger partial charge is 0.255 e. The number of hydrogen-bond acceptors (Lipinski definition) is 3. The largest absolute Gasteiger partial charge is 0.370 e. The Morgan fingerprint density at radius 1 is 1.30 bits per heavy atom. The van der Waals surface area contributed by atoms with Gasteiger partial charge in [-0.25, -0.2) is 4.98 Å². The van der Waals surface area contributed by atoms with Crippen LogP contribution in [0.4, 0.5) is 5.82 Å². The van der Waals surface area contributed by atoms with Gasteiger partial charge in [-0.2, -0.15) is 0 Å².